The second-order valence-corrected chi connectivity index (χ2v) is 5.62. The Labute approximate surface area is 111 Å². The van der Waals surface area contributed by atoms with Crippen molar-refractivity contribution in [2.24, 2.45) is 0 Å². The van der Waals surface area contributed by atoms with Crippen molar-refractivity contribution < 1.29 is 17.9 Å². The lowest BCUT2D eigenvalue weighted by Gasteiger charge is -2.13. The first-order chi connectivity index (χ1) is 9.00. The van der Waals surface area contributed by atoms with Crippen LogP contribution < -0.4 is 9.47 Å². The minimum absolute atomic E-state index is 0.0150. The van der Waals surface area contributed by atoms with Crippen LogP contribution in [-0.4, -0.2) is 31.8 Å². The summed E-state index contributed by atoms with van der Waals surface area (Å²) in [6, 6.07) is 4.59. The van der Waals surface area contributed by atoms with Gasteiger partial charge in [0.15, 0.2) is 0 Å². The molecular formula is C12H14N2O4S. The smallest absolute Gasteiger partial charge is 0.286 e. The summed E-state index contributed by atoms with van der Waals surface area (Å²) in [5, 5.41) is 3.75. The molecule has 0 aliphatic carbocycles. The minimum atomic E-state index is -3.79. The summed E-state index contributed by atoms with van der Waals surface area (Å²) < 4.78 is 36.0. The summed E-state index contributed by atoms with van der Waals surface area (Å²) in [4.78, 5) is 0.0150. The van der Waals surface area contributed by atoms with E-state index in [-0.39, 0.29) is 10.6 Å². The highest BCUT2D eigenvalue weighted by atomic mass is 32.2. The summed E-state index contributed by atoms with van der Waals surface area (Å²) in [5.74, 6) is 0.736. The van der Waals surface area contributed by atoms with Crippen LogP contribution in [0.4, 0.5) is 0 Å². The van der Waals surface area contributed by atoms with E-state index in [1.807, 2.05) is 6.92 Å². The first kappa shape index (κ1) is 13.4. The predicted octanol–water partition coefficient (Wildman–Crippen LogP) is 1.45. The van der Waals surface area contributed by atoms with Gasteiger partial charge in [0.05, 0.1) is 20.4 Å². The molecule has 0 aliphatic rings. The van der Waals surface area contributed by atoms with Crippen LogP contribution in [0.25, 0.3) is 0 Å². The van der Waals surface area contributed by atoms with Gasteiger partial charge in [-0.3, -0.25) is 0 Å². The van der Waals surface area contributed by atoms with E-state index in [1.165, 1.54) is 38.7 Å². The summed E-state index contributed by atoms with van der Waals surface area (Å²) in [6.07, 6.45) is 2.76. The molecule has 0 amide bonds. The molecule has 102 valence electrons. The Morgan fingerprint density at radius 2 is 1.84 bits per heavy atom. The molecule has 0 bridgehead atoms. The summed E-state index contributed by atoms with van der Waals surface area (Å²) in [6.45, 7) is 1.81. The van der Waals surface area contributed by atoms with Crippen molar-refractivity contribution in [3.8, 4) is 11.5 Å². The van der Waals surface area contributed by atoms with Crippen molar-refractivity contribution in [3.63, 3.8) is 0 Å². The maximum atomic E-state index is 12.4. The second-order valence-electron chi connectivity index (χ2n) is 3.86. The van der Waals surface area contributed by atoms with Gasteiger partial charge in [-0.2, -0.15) is 17.6 Å². The predicted molar refractivity (Wildman–Crippen MR) is 69.1 cm³/mol. The van der Waals surface area contributed by atoms with Crippen molar-refractivity contribution in [2.45, 2.75) is 11.8 Å². The molecule has 0 aliphatic heterocycles. The Hall–Kier alpha value is -2.02. The lowest BCUT2D eigenvalue weighted by Crippen LogP contribution is -2.15. The number of hydrogen-bond donors (Lipinski definition) is 0. The van der Waals surface area contributed by atoms with E-state index >= 15 is 0 Å². The standard InChI is InChI=1S/C12H14N2O4S/c1-9-7-11(18-3)12(8-10(9)17-2)19(15,16)14-6-4-5-13-14/h4-8H,1-3H3. The van der Waals surface area contributed by atoms with Gasteiger partial charge < -0.3 is 9.47 Å². The molecule has 2 rings (SSSR count). The molecule has 1 aromatic heterocycles. The van der Waals surface area contributed by atoms with Crippen LogP contribution in [0.15, 0.2) is 35.5 Å². The van der Waals surface area contributed by atoms with E-state index < -0.39 is 10.0 Å². The summed E-state index contributed by atoms with van der Waals surface area (Å²) >= 11 is 0. The molecule has 0 saturated carbocycles. The Morgan fingerprint density at radius 1 is 1.16 bits per heavy atom. The number of ether oxygens (including phenoxy) is 2. The van der Waals surface area contributed by atoms with Crippen molar-refractivity contribution >= 4 is 10.0 Å². The van der Waals surface area contributed by atoms with Crippen LogP contribution in [0.1, 0.15) is 5.56 Å². The highest BCUT2D eigenvalue weighted by Crippen LogP contribution is 2.32. The third-order valence-corrected chi connectivity index (χ3v) is 4.27. The first-order valence-electron chi connectivity index (χ1n) is 5.48. The number of aromatic nitrogens is 2. The highest BCUT2D eigenvalue weighted by molar-refractivity contribution is 7.90. The SMILES string of the molecule is COc1cc(S(=O)(=O)n2cccn2)c(OC)cc1C. The molecule has 6 nitrogen and oxygen atoms in total. The van der Waals surface area contributed by atoms with Crippen LogP contribution in [0.5, 0.6) is 11.5 Å². The van der Waals surface area contributed by atoms with Gasteiger partial charge >= 0.3 is 0 Å². The number of nitrogens with zero attached hydrogens (tertiary/aromatic N) is 2. The van der Waals surface area contributed by atoms with Gasteiger partial charge in [0.25, 0.3) is 10.0 Å². The number of benzene rings is 1. The van der Waals surface area contributed by atoms with E-state index in [4.69, 9.17) is 9.47 Å². The zero-order chi connectivity index (χ0) is 14.0. The molecule has 19 heavy (non-hydrogen) atoms. The van der Waals surface area contributed by atoms with E-state index in [0.717, 1.165) is 9.65 Å². The van der Waals surface area contributed by atoms with Gasteiger partial charge in [-0.15, -0.1) is 0 Å². The molecule has 2 aromatic rings. The molecule has 0 saturated heterocycles. The second kappa shape index (κ2) is 4.93. The molecule has 0 unspecified atom stereocenters. The molecule has 0 fully saturated rings. The lowest BCUT2D eigenvalue weighted by atomic mass is 10.2. The van der Waals surface area contributed by atoms with E-state index in [2.05, 4.69) is 5.10 Å². The normalized spacial score (nSPS) is 11.3. The minimum Gasteiger partial charge on any atom is -0.496 e. The largest absolute Gasteiger partial charge is 0.496 e. The van der Waals surface area contributed by atoms with Crippen molar-refractivity contribution in [2.75, 3.05) is 14.2 Å². The summed E-state index contributed by atoms with van der Waals surface area (Å²) in [5.41, 5.74) is 0.791. The number of hydrogen-bond acceptors (Lipinski definition) is 5. The fourth-order valence-electron chi connectivity index (χ4n) is 1.72. The van der Waals surface area contributed by atoms with Crippen LogP contribution in [0.2, 0.25) is 0 Å². The van der Waals surface area contributed by atoms with Gasteiger partial charge in [-0.25, -0.2) is 0 Å². The van der Waals surface area contributed by atoms with Crippen LogP contribution in [0, 0.1) is 6.92 Å². The molecule has 0 radical (unpaired) electrons. The molecular weight excluding hydrogens is 268 g/mol. The van der Waals surface area contributed by atoms with Crippen LogP contribution in [-0.2, 0) is 10.0 Å². The molecule has 0 N–H and O–H groups in total. The average molecular weight is 282 g/mol. The van der Waals surface area contributed by atoms with Gasteiger partial charge in [0.2, 0.25) is 0 Å². The lowest BCUT2D eigenvalue weighted by molar-refractivity contribution is 0.389. The Bertz CT molecular complexity index is 678. The van der Waals surface area contributed by atoms with Crippen molar-refractivity contribution in [1.82, 2.24) is 9.19 Å². The molecule has 1 aromatic carbocycles. The maximum absolute atomic E-state index is 12.4. The Kier molecular flexibility index (Phi) is 3.48. The fourth-order valence-corrected chi connectivity index (χ4v) is 2.98. The van der Waals surface area contributed by atoms with Gasteiger partial charge in [0.1, 0.15) is 16.4 Å². The topological polar surface area (TPSA) is 70.4 Å². The zero-order valence-electron chi connectivity index (χ0n) is 10.8. The number of aryl methyl sites for hydroxylation is 1. The third-order valence-electron chi connectivity index (χ3n) is 2.69. The molecule has 0 spiro atoms. The maximum Gasteiger partial charge on any atom is 0.286 e. The Morgan fingerprint density at radius 3 is 2.37 bits per heavy atom. The number of methoxy groups -OCH3 is 2. The van der Waals surface area contributed by atoms with Crippen molar-refractivity contribution in [1.29, 1.82) is 0 Å². The first-order valence-corrected chi connectivity index (χ1v) is 6.92. The van der Waals surface area contributed by atoms with Gasteiger partial charge in [-0.1, -0.05) is 0 Å². The fraction of sp³-hybridized carbons (Fsp3) is 0.250. The van der Waals surface area contributed by atoms with E-state index in [0.29, 0.717) is 5.75 Å². The molecule has 1 heterocycles. The highest BCUT2D eigenvalue weighted by Gasteiger charge is 2.23. The zero-order valence-corrected chi connectivity index (χ0v) is 11.6. The third kappa shape index (κ3) is 2.28. The van der Waals surface area contributed by atoms with Crippen LogP contribution in [0.3, 0.4) is 0 Å². The Balaban J connectivity index is 2.68. The quantitative estimate of drug-likeness (QED) is 0.848. The molecule has 0 atom stereocenters. The van der Waals surface area contributed by atoms with Crippen LogP contribution >= 0.6 is 0 Å². The van der Waals surface area contributed by atoms with Gasteiger partial charge in [0, 0.05) is 12.3 Å². The monoisotopic (exact) mass is 282 g/mol. The average Bonchev–Trinajstić information content (AvgIpc) is 2.92. The molecule has 7 heteroatoms. The number of rotatable bonds is 4. The van der Waals surface area contributed by atoms with E-state index in [9.17, 15) is 8.42 Å². The van der Waals surface area contributed by atoms with Crippen molar-refractivity contribution in [3.05, 3.63) is 36.2 Å². The van der Waals surface area contributed by atoms with Gasteiger partial charge in [-0.05, 0) is 24.6 Å². The summed E-state index contributed by atoms with van der Waals surface area (Å²) in [7, 11) is -0.882. The van der Waals surface area contributed by atoms with E-state index in [1.54, 1.807) is 6.07 Å².